The van der Waals surface area contributed by atoms with Gasteiger partial charge in [-0.15, -0.1) is 0 Å². The van der Waals surface area contributed by atoms with E-state index in [0.717, 1.165) is 54.7 Å². The molecule has 0 aliphatic heterocycles. The van der Waals surface area contributed by atoms with Crippen LogP contribution in [0.5, 0.6) is 0 Å². The molecule has 0 amide bonds. The van der Waals surface area contributed by atoms with E-state index in [0.29, 0.717) is 33.6 Å². The Bertz CT molecular complexity index is 2470. The minimum absolute atomic E-state index is 0.420. The number of hydrogen-bond donors (Lipinski definition) is 0. The van der Waals surface area contributed by atoms with Crippen LogP contribution in [0.15, 0.2) is 115 Å². The Balaban J connectivity index is 1.56. The van der Waals surface area contributed by atoms with Crippen LogP contribution in [-0.2, 0) is 6.18 Å². The maximum Gasteiger partial charge on any atom is 0.416 e. The first-order chi connectivity index (χ1) is 22.6. The van der Waals surface area contributed by atoms with Crippen molar-refractivity contribution in [1.29, 1.82) is 5.26 Å². The van der Waals surface area contributed by atoms with Gasteiger partial charge in [-0.05, 0) is 98.1 Å². The number of aromatic nitrogens is 2. The quantitative estimate of drug-likeness (QED) is 0.194. The number of alkyl halides is 3. The van der Waals surface area contributed by atoms with Gasteiger partial charge in [-0.3, -0.25) is 0 Å². The van der Waals surface area contributed by atoms with Crippen molar-refractivity contribution >= 4 is 43.6 Å². The number of halogens is 3. The maximum atomic E-state index is 14.1. The van der Waals surface area contributed by atoms with Crippen molar-refractivity contribution < 1.29 is 13.2 Å². The third kappa shape index (κ3) is 4.50. The van der Waals surface area contributed by atoms with Crippen LogP contribution < -0.4 is 0 Å². The summed E-state index contributed by atoms with van der Waals surface area (Å²) in [5.74, 6) is 0. The van der Waals surface area contributed by atoms with Crippen molar-refractivity contribution in [3.8, 4) is 28.6 Å². The first-order valence-electron chi connectivity index (χ1n) is 15.4. The molecule has 0 atom stereocenters. The van der Waals surface area contributed by atoms with Crippen molar-refractivity contribution in [3.05, 3.63) is 143 Å². The maximum absolute atomic E-state index is 14.1. The van der Waals surface area contributed by atoms with Crippen molar-refractivity contribution in [2.75, 3.05) is 0 Å². The summed E-state index contributed by atoms with van der Waals surface area (Å²) in [7, 11) is 0. The molecule has 8 rings (SSSR count). The zero-order valence-corrected chi connectivity index (χ0v) is 25.9. The van der Waals surface area contributed by atoms with Crippen LogP contribution in [0, 0.1) is 32.1 Å². The molecule has 0 fully saturated rings. The lowest BCUT2D eigenvalue weighted by atomic mass is 9.96. The topological polar surface area (TPSA) is 33.6 Å². The number of nitrogens with zero attached hydrogens (tertiary/aromatic N) is 3. The predicted molar refractivity (Wildman–Crippen MR) is 184 cm³/mol. The molecule has 3 nitrogen and oxygen atoms in total. The molecule has 47 heavy (non-hydrogen) atoms. The second kappa shape index (κ2) is 10.4. The SMILES string of the molecule is Cc1cc(-c2cc(-n3c4ccccc4c4cc(C)ccc43)c(C#N)c(-n3c4ccccc4c4cc(C)ccc43)c2)cc(C(F)(F)F)c1. The molecule has 2 heterocycles. The van der Waals surface area contributed by atoms with E-state index in [1.165, 1.54) is 12.1 Å². The van der Waals surface area contributed by atoms with Gasteiger partial charge in [0.05, 0.1) is 39.0 Å². The van der Waals surface area contributed by atoms with Gasteiger partial charge in [0.15, 0.2) is 0 Å². The number of hydrogen-bond acceptors (Lipinski definition) is 1. The van der Waals surface area contributed by atoms with E-state index in [4.69, 9.17) is 0 Å². The Morgan fingerprint density at radius 1 is 0.511 bits per heavy atom. The Morgan fingerprint density at radius 3 is 1.47 bits per heavy atom. The highest BCUT2D eigenvalue weighted by Gasteiger charge is 2.31. The second-order valence-corrected chi connectivity index (χ2v) is 12.3. The summed E-state index contributed by atoms with van der Waals surface area (Å²) in [5.41, 5.74) is 8.28. The number of para-hydroxylation sites is 2. The minimum atomic E-state index is -4.51. The Hall–Kier alpha value is -5.80. The fourth-order valence-corrected chi connectivity index (χ4v) is 7.05. The molecule has 2 aromatic heterocycles. The summed E-state index contributed by atoms with van der Waals surface area (Å²) in [6.07, 6.45) is -4.51. The third-order valence-electron chi connectivity index (χ3n) is 9.08. The number of rotatable bonds is 3. The molecule has 0 N–H and O–H groups in total. The molecular formula is C41H28F3N3. The molecule has 8 aromatic rings. The van der Waals surface area contributed by atoms with Crippen LogP contribution >= 0.6 is 0 Å². The van der Waals surface area contributed by atoms with Gasteiger partial charge in [-0.2, -0.15) is 18.4 Å². The highest BCUT2D eigenvalue weighted by atomic mass is 19.4. The van der Waals surface area contributed by atoms with Gasteiger partial charge in [0.25, 0.3) is 0 Å². The van der Waals surface area contributed by atoms with Crippen LogP contribution in [0.2, 0.25) is 0 Å². The summed E-state index contributed by atoms with van der Waals surface area (Å²) in [5, 5.41) is 15.1. The van der Waals surface area contributed by atoms with E-state index < -0.39 is 11.7 Å². The van der Waals surface area contributed by atoms with Crippen molar-refractivity contribution in [2.24, 2.45) is 0 Å². The number of nitriles is 1. The zero-order chi connectivity index (χ0) is 32.6. The molecule has 228 valence electrons. The van der Waals surface area contributed by atoms with Gasteiger partial charge >= 0.3 is 6.18 Å². The summed E-state index contributed by atoms with van der Waals surface area (Å²) in [6.45, 7) is 5.77. The lowest BCUT2D eigenvalue weighted by Crippen LogP contribution is -2.07. The summed E-state index contributed by atoms with van der Waals surface area (Å²) >= 11 is 0. The normalized spacial score (nSPS) is 12.0. The lowest BCUT2D eigenvalue weighted by Gasteiger charge is -2.19. The molecule has 0 bridgehead atoms. The van der Waals surface area contributed by atoms with Gasteiger partial charge in [0.1, 0.15) is 11.6 Å². The monoisotopic (exact) mass is 619 g/mol. The van der Waals surface area contributed by atoms with Crippen LogP contribution in [0.4, 0.5) is 13.2 Å². The van der Waals surface area contributed by atoms with Crippen LogP contribution in [-0.4, -0.2) is 9.13 Å². The van der Waals surface area contributed by atoms with Gasteiger partial charge in [-0.25, -0.2) is 0 Å². The zero-order valence-electron chi connectivity index (χ0n) is 25.9. The minimum Gasteiger partial charge on any atom is -0.308 e. The molecule has 0 unspecified atom stereocenters. The van der Waals surface area contributed by atoms with Crippen molar-refractivity contribution in [3.63, 3.8) is 0 Å². The van der Waals surface area contributed by atoms with E-state index in [1.807, 2.05) is 74.5 Å². The molecule has 0 saturated carbocycles. The Morgan fingerprint density at radius 2 is 0.979 bits per heavy atom. The molecule has 0 spiro atoms. The van der Waals surface area contributed by atoms with E-state index in [-0.39, 0.29) is 0 Å². The average molecular weight is 620 g/mol. The first-order valence-corrected chi connectivity index (χ1v) is 15.4. The van der Waals surface area contributed by atoms with Gasteiger partial charge in [0.2, 0.25) is 0 Å². The number of benzene rings is 6. The molecule has 0 aliphatic rings. The van der Waals surface area contributed by atoms with Crippen molar-refractivity contribution in [1.82, 2.24) is 9.13 Å². The molecule has 0 aliphatic carbocycles. The molecule has 0 radical (unpaired) electrons. The van der Waals surface area contributed by atoms with Gasteiger partial charge < -0.3 is 9.13 Å². The van der Waals surface area contributed by atoms with Gasteiger partial charge in [0, 0.05) is 21.5 Å². The smallest absolute Gasteiger partial charge is 0.308 e. The van der Waals surface area contributed by atoms with E-state index in [2.05, 4.69) is 51.6 Å². The second-order valence-electron chi connectivity index (χ2n) is 12.3. The van der Waals surface area contributed by atoms with Crippen molar-refractivity contribution in [2.45, 2.75) is 26.9 Å². The molecule has 6 heteroatoms. The van der Waals surface area contributed by atoms with Crippen LogP contribution in [0.25, 0.3) is 66.1 Å². The highest BCUT2D eigenvalue weighted by Crippen LogP contribution is 2.41. The van der Waals surface area contributed by atoms with Crippen LogP contribution in [0.3, 0.4) is 0 Å². The Kier molecular flexibility index (Phi) is 6.32. The fraction of sp³-hybridized carbons (Fsp3) is 0.0976. The van der Waals surface area contributed by atoms with E-state index in [9.17, 15) is 18.4 Å². The van der Waals surface area contributed by atoms with Gasteiger partial charge in [-0.1, -0.05) is 65.7 Å². The number of aryl methyl sites for hydroxylation is 3. The molecule has 0 saturated heterocycles. The summed E-state index contributed by atoms with van der Waals surface area (Å²) < 4.78 is 46.5. The molecular weight excluding hydrogens is 591 g/mol. The largest absolute Gasteiger partial charge is 0.416 e. The third-order valence-corrected chi connectivity index (χ3v) is 9.08. The standard InChI is InChI=1S/C41H28F3N3/c1-24-12-14-37-32(18-24)30-8-4-6-10-35(30)46(37)39-21-28(27-16-26(3)17-29(20-27)41(42,43)44)22-40(34(39)23-45)47-36-11-7-5-9-31(36)33-19-25(2)13-15-38(33)47/h4-22H,1-3H3. The van der Waals surface area contributed by atoms with E-state index >= 15 is 0 Å². The summed E-state index contributed by atoms with van der Waals surface area (Å²) in [6, 6.07) is 38.9. The number of fused-ring (bicyclic) bond motifs is 6. The average Bonchev–Trinajstić information content (AvgIpc) is 3.55. The van der Waals surface area contributed by atoms with E-state index in [1.54, 1.807) is 13.0 Å². The first kappa shape index (κ1) is 28.7. The Labute approximate surface area is 269 Å². The lowest BCUT2D eigenvalue weighted by molar-refractivity contribution is -0.137. The van der Waals surface area contributed by atoms with Crippen LogP contribution in [0.1, 0.15) is 27.8 Å². The predicted octanol–water partition coefficient (Wildman–Crippen LogP) is 11.4. The highest BCUT2D eigenvalue weighted by molar-refractivity contribution is 6.11. The fourth-order valence-electron chi connectivity index (χ4n) is 7.05. The molecule has 6 aromatic carbocycles. The summed E-state index contributed by atoms with van der Waals surface area (Å²) in [4.78, 5) is 0.